The number of rotatable bonds is 9. The van der Waals surface area contributed by atoms with Crippen LogP contribution in [0, 0.1) is 0 Å². The van der Waals surface area contributed by atoms with E-state index >= 15 is 0 Å². The van der Waals surface area contributed by atoms with Gasteiger partial charge in [-0.15, -0.1) is 11.8 Å². The Hall–Kier alpha value is -3.05. The zero-order chi connectivity index (χ0) is 19.4. The van der Waals surface area contributed by atoms with Crippen molar-refractivity contribution in [3.8, 4) is 5.75 Å². The van der Waals surface area contributed by atoms with Gasteiger partial charge in [0.25, 0.3) is 0 Å². The second-order valence-corrected chi connectivity index (χ2v) is 7.22. The maximum Gasteiger partial charge on any atom is 0.240 e. The predicted octanol–water partition coefficient (Wildman–Crippen LogP) is 4.90. The van der Waals surface area contributed by atoms with Gasteiger partial charge in [-0.2, -0.15) is 5.10 Å². The fourth-order valence-electron chi connectivity index (χ4n) is 2.40. The van der Waals surface area contributed by atoms with Crippen molar-refractivity contribution in [2.24, 2.45) is 5.10 Å². The third-order valence-corrected chi connectivity index (χ3v) is 4.89. The number of hydrogen-bond donors (Lipinski definition) is 1. The van der Waals surface area contributed by atoms with Gasteiger partial charge in [-0.05, 0) is 47.5 Å². The number of amides is 1. The van der Waals surface area contributed by atoms with E-state index in [9.17, 15) is 4.79 Å². The molecule has 0 atom stereocenters. The van der Waals surface area contributed by atoms with E-state index in [1.54, 1.807) is 18.0 Å². The van der Waals surface area contributed by atoms with Gasteiger partial charge in [0, 0.05) is 17.1 Å². The van der Waals surface area contributed by atoms with Gasteiger partial charge in [0.05, 0.1) is 6.21 Å². The summed E-state index contributed by atoms with van der Waals surface area (Å²) in [5.41, 5.74) is 4.59. The molecule has 0 heterocycles. The summed E-state index contributed by atoms with van der Waals surface area (Å²) in [6.07, 6.45) is 2.05. The molecule has 0 aliphatic rings. The minimum atomic E-state index is -0.0949. The average Bonchev–Trinajstić information content (AvgIpc) is 2.75. The van der Waals surface area contributed by atoms with Gasteiger partial charge in [0.2, 0.25) is 5.91 Å². The molecule has 142 valence electrons. The summed E-state index contributed by atoms with van der Waals surface area (Å²) < 4.78 is 5.75. The van der Waals surface area contributed by atoms with Gasteiger partial charge in [-0.25, -0.2) is 5.43 Å². The molecule has 0 saturated heterocycles. The van der Waals surface area contributed by atoms with E-state index in [4.69, 9.17) is 4.74 Å². The molecule has 4 nitrogen and oxygen atoms in total. The van der Waals surface area contributed by atoms with Gasteiger partial charge in [-0.3, -0.25) is 4.79 Å². The van der Waals surface area contributed by atoms with Crippen LogP contribution in [0.4, 0.5) is 0 Å². The minimum Gasteiger partial charge on any atom is -0.489 e. The molecule has 0 aromatic heterocycles. The number of thioether (sulfide) groups is 1. The number of hydrogen-bond acceptors (Lipinski definition) is 4. The Kier molecular flexibility index (Phi) is 7.70. The Morgan fingerprint density at radius 1 is 0.929 bits per heavy atom. The van der Waals surface area contributed by atoms with Crippen molar-refractivity contribution in [1.29, 1.82) is 0 Å². The number of nitrogens with one attached hydrogen (secondary N) is 1. The standard InChI is InChI=1S/C23H22N2O2S/c26-23(15-16-28-22-9-5-2-6-10-22)25-24-17-19-11-13-21(14-12-19)27-18-20-7-3-1-4-8-20/h1-14,17H,15-16,18H2,(H,25,26)/b24-17-. The van der Waals surface area contributed by atoms with Crippen LogP contribution in [-0.4, -0.2) is 17.9 Å². The van der Waals surface area contributed by atoms with Crippen LogP contribution in [0.5, 0.6) is 5.75 Å². The number of hydrazone groups is 1. The monoisotopic (exact) mass is 390 g/mol. The lowest BCUT2D eigenvalue weighted by atomic mass is 10.2. The Balaban J connectivity index is 1.37. The van der Waals surface area contributed by atoms with Crippen LogP contribution in [-0.2, 0) is 11.4 Å². The quantitative estimate of drug-likeness (QED) is 0.321. The van der Waals surface area contributed by atoms with E-state index in [1.807, 2.05) is 84.9 Å². The molecular formula is C23H22N2O2S. The zero-order valence-electron chi connectivity index (χ0n) is 15.5. The highest BCUT2D eigenvalue weighted by Crippen LogP contribution is 2.17. The summed E-state index contributed by atoms with van der Waals surface area (Å²) in [5, 5.41) is 4.02. The molecule has 0 spiro atoms. The third kappa shape index (κ3) is 6.93. The Morgan fingerprint density at radius 2 is 1.61 bits per heavy atom. The lowest BCUT2D eigenvalue weighted by molar-refractivity contribution is -0.120. The van der Waals surface area contributed by atoms with Crippen LogP contribution in [0.3, 0.4) is 0 Å². The molecule has 0 saturated carbocycles. The molecule has 5 heteroatoms. The van der Waals surface area contributed by atoms with Crippen molar-refractivity contribution >= 4 is 23.9 Å². The van der Waals surface area contributed by atoms with E-state index in [1.165, 1.54) is 0 Å². The number of carbonyl (C=O) groups is 1. The van der Waals surface area contributed by atoms with E-state index in [0.717, 1.165) is 27.5 Å². The molecule has 0 aliphatic carbocycles. The molecule has 3 aromatic carbocycles. The van der Waals surface area contributed by atoms with E-state index in [-0.39, 0.29) is 5.91 Å². The summed E-state index contributed by atoms with van der Waals surface area (Å²) in [7, 11) is 0. The van der Waals surface area contributed by atoms with E-state index in [0.29, 0.717) is 13.0 Å². The second-order valence-electron chi connectivity index (χ2n) is 6.05. The third-order valence-electron chi connectivity index (χ3n) is 3.87. The summed E-state index contributed by atoms with van der Waals surface area (Å²) in [6, 6.07) is 27.7. The Bertz CT molecular complexity index is 881. The van der Waals surface area contributed by atoms with E-state index in [2.05, 4.69) is 10.5 Å². The topological polar surface area (TPSA) is 50.7 Å². The minimum absolute atomic E-state index is 0.0949. The second kappa shape index (κ2) is 10.9. The van der Waals surface area contributed by atoms with Crippen LogP contribution >= 0.6 is 11.8 Å². The fourth-order valence-corrected chi connectivity index (χ4v) is 3.28. The van der Waals surface area contributed by atoms with Crippen molar-refractivity contribution < 1.29 is 9.53 Å². The first-order valence-corrected chi connectivity index (χ1v) is 10.0. The van der Waals surface area contributed by atoms with Crippen molar-refractivity contribution in [3.05, 3.63) is 96.1 Å². The molecule has 0 radical (unpaired) electrons. The van der Waals surface area contributed by atoms with Crippen molar-refractivity contribution in [2.75, 3.05) is 5.75 Å². The smallest absolute Gasteiger partial charge is 0.240 e. The summed E-state index contributed by atoms with van der Waals surface area (Å²) in [6.45, 7) is 0.533. The Morgan fingerprint density at radius 3 is 2.32 bits per heavy atom. The fraction of sp³-hybridized carbons (Fsp3) is 0.130. The highest BCUT2D eigenvalue weighted by atomic mass is 32.2. The zero-order valence-corrected chi connectivity index (χ0v) is 16.3. The van der Waals surface area contributed by atoms with Crippen LogP contribution in [0.2, 0.25) is 0 Å². The summed E-state index contributed by atoms with van der Waals surface area (Å²) in [5.74, 6) is 1.42. The molecule has 28 heavy (non-hydrogen) atoms. The van der Waals surface area contributed by atoms with Gasteiger partial charge >= 0.3 is 0 Å². The van der Waals surface area contributed by atoms with Crippen LogP contribution < -0.4 is 10.2 Å². The normalized spacial score (nSPS) is 10.7. The van der Waals surface area contributed by atoms with Gasteiger partial charge in [-0.1, -0.05) is 48.5 Å². The molecule has 3 rings (SSSR count). The first-order valence-electron chi connectivity index (χ1n) is 9.06. The first kappa shape index (κ1) is 19.7. The maximum absolute atomic E-state index is 11.8. The number of benzene rings is 3. The highest BCUT2D eigenvalue weighted by molar-refractivity contribution is 7.99. The van der Waals surface area contributed by atoms with E-state index < -0.39 is 0 Å². The molecule has 0 bridgehead atoms. The predicted molar refractivity (Wildman–Crippen MR) is 115 cm³/mol. The number of carbonyl (C=O) groups excluding carboxylic acids is 1. The van der Waals surface area contributed by atoms with Crippen molar-refractivity contribution in [1.82, 2.24) is 5.43 Å². The van der Waals surface area contributed by atoms with Crippen LogP contribution in [0.15, 0.2) is 94.9 Å². The molecule has 0 fully saturated rings. The van der Waals surface area contributed by atoms with Crippen molar-refractivity contribution in [2.45, 2.75) is 17.9 Å². The first-order chi connectivity index (χ1) is 13.8. The SMILES string of the molecule is O=C(CCSc1ccccc1)N/N=C\c1ccc(OCc2ccccc2)cc1. The largest absolute Gasteiger partial charge is 0.489 e. The summed E-state index contributed by atoms with van der Waals surface area (Å²) >= 11 is 1.66. The highest BCUT2D eigenvalue weighted by Gasteiger charge is 2.01. The average molecular weight is 391 g/mol. The maximum atomic E-state index is 11.8. The lowest BCUT2D eigenvalue weighted by Crippen LogP contribution is -2.17. The molecule has 0 unspecified atom stereocenters. The van der Waals surface area contributed by atoms with Gasteiger partial charge < -0.3 is 4.74 Å². The lowest BCUT2D eigenvalue weighted by Gasteiger charge is -2.06. The molecular weight excluding hydrogens is 368 g/mol. The number of ether oxygens (including phenoxy) is 1. The molecule has 0 aliphatic heterocycles. The molecule has 1 N–H and O–H groups in total. The van der Waals surface area contributed by atoms with Gasteiger partial charge in [0.15, 0.2) is 0 Å². The van der Waals surface area contributed by atoms with Gasteiger partial charge in [0.1, 0.15) is 12.4 Å². The van der Waals surface area contributed by atoms with Crippen molar-refractivity contribution in [3.63, 3.8) is 0 Å². The number of nitrogens with zero attached hydrogens (tertiary/aromatic N) is 1. The van der Waals surface area contributed by atoms with Crippen LogP contribution in [0.1, 0.15) is 17.5 Å². The molecule has 1 amide bonds. The molecule has 3 aromatic rings. The summed E-state index contributed by atoms with van der Waals surface area (Å²) in [4.78, 5) is 13.0. The van der Waals surface area contributed by atoms with Crippen LogP contribution in [0.25, 0.3) is 0 Å². The Labute approximate surface area is 169 Å².